The van der Waals surface area contributed by atoms with Crippen molar-refractivity contribution in [1.82, 2.24) is 25.4 Å². The molecule has 0 spiro atoms. The number of H-pyrrole nitrogens is 1. The molecule has 2 amide bonds. The van der Waals surface area contributed by atoms with Gasteiger partial charge in [-0.25, -0.2) is 4.98 Å². The zero-order valence-electron chi connectivity index (χ0n) is 8.23. The van der Waals surface area contributed by atoms with Gasteiger partial charge in [-0.2, -0.15) is 5.10 Å². The van der Waals surface area contributed by atoms with Crippen LogP contribution in [0.15, 0.2) is 6.33 Å². The van der Waals surface area contributed by atoms with E-state index < -0.39 is 6.04 Å². The topological polar surface area (TPSA) is 91.0 Å². The minimum Gasteiger partial charge on any atom is -0.298 e. The van der Waals surface area contributed by atoms with Gasteiger partial charge in [-0.15, -0.1) is 0 Å². The van der Waals surface area contributed by atoms with Gasteiger partial charge in [-0.3, -0.25) is 24.9 Å². The van der Waals surface area contributed by atoms with Gasteiger partial charge in [0.15, 0.2) is 0 Å². The van der Waals surface area contributed by atoms with Gasteiger partial charge in [0, 0.05) is 7.05 Å². The number of nitrogens with zero attached hydrogens (tertiary/aromatic N) is 3. The predicted molar refractivity (Wildman–Crippen MR) is 49.4 cm³/mol. The molecule has 7 heteroatoms. The number of carbonyl (C=O) groups excluding carboxylic acids is 2. The van der Waals surface area contributed by atoms with Crippen molar-refractivity contribution in [1.29, 1.82) is 0 Å². The third kappa shape index (κ3) is 1.86. The molecule has 0 saturated carbocycles. The number of imide groups is 1. The molecule has 2 N–H and O–H groups in total. The van der Waals surface area contributed by atoms with Crippen LogP contribution in [-0.4, -0.2) is 45.0 Å². The lowest BCUT2D eigenvalue weighted by Gasteiger charge is -2.09. The Kier molecular flexibility index (Phi) is 2.46. The fourth-order valence-corrected chi connectivity index (χ4v) is 1.45. The van der Waals surface area contributed by atoms with Crippen molar-refractivity contribution in [2.45, 2.75) is 19.0 Å². The van der Waals surface area contributed by atoms with Crippen LogP contribution >= 0.6 is 0 Å². The van der Waals surface area contributed by atoms with Crippen molar-refractivity contribution < 1.29 is 9.59 Å². The molecule has 1 atom stereocenters. The summed E-state index contributed by atoms with van der Waals surface area (Å²) in [7, 11) is 1.49. The summed E-state index contributed by atoms with van der Waals surface area (Å²) in [5, 5.41) is 9.29. The Morgan fingerprint density at radius 3 is 3.00 bits per heavy atom. The van der Waals surface area contributed by atoms with E-state index in [2.05, 4.69) is 20.5 Å². The van der Waals surface area contributed by atoms with Crippen molar-refractivity contribution in [3.63, 3.8) is 0 Å². The number of aromatic amines is 1. The number of nitrogens with one attached hydrogen (secondary N) is 2. The summed E-state index contributed by atoms with van der Waals surface area (Å²) < 4.78 is 0. The first-order chi connectivity index (χ1) is 7.18. The molecule has 0 aliphatic carbocycles. The van der Waals surface area contributed by atoms with E-state index in [1.165, 1.54) is 13.4 Å². The first kappa shape index (κ1) is 9.78. The molecular formula is C8H11N5O2. The van der Waals surface area contributed by atoms with E-state index in [0.29, 0.717) is 12.4 Å². The maximum Gasteiger partial charge on any atom is 0.246 e. The molecule has 1 aliphatic rings. The molecule has 1 aromatic heterocycles. The predicted octanol–water partition coefficient (Wildman–Crippen LogP) is -1.35. The van der Waals surface area contributed by atoms with E-state index in [1.807, 2.05) is 0 Å². The molecule has 7 nitrogen and oxygen atoms in total. The average Bonchev–Trinajstić information content (AvgIpc) is 2.80. The Morgan fingerprint density at radius 1 is 1.67 bits per heavy atom. The maximum atomic E-state index is 11.5. The summed E-state index contributed by atoms with van der Waals surface area (Å²) in [6.45, 7) is 0.400. The summed E-state index contributed by atoms with van der Waals surface area (Å²) in [5.74, 6) is 0.291. The zero-order valence-corrected chi connectivity index (χ0v) is 8.23. The molecule has 1 saturated heterocycles. The van der Waals surface area contributed by atoms with E-state index >= 15 is 0 Å². The molecule has 1 fully saturated rings. The van der Waals surface area contributed by atoms with Crippen molar-refractivity contribution in [2.24, 2.45) is 0 Å². The Labute approximate surface area is 85.9 Å². The second-order valence-corrected chi connectivity index (χ2v) is 3.36. The van der Waals surface area contributed by atoms with Crippen LogP contribution in [0.3, 0.4) is 0 Å². The highest BCUT2D eigenvalue weighted by atomic mass is 16.2. The lowest BCUT2D eigenvalue weighted by Crippen LogP contribution is -2.36. The molecule has 1 unspecified atom stereocenters. The fraction of sp³-hybridized carbons (Fsp3) is 0.500. The van der Waals surface area contributed by atoms with Crippen molar-refractivity contribution in [2.75, 3.05) is 7.05 Å². The normalized spacial score (nSPS) is 21.4. The molecule has 0 bridgehead atoms. The van der Waals surface area contributed by atoms with E-state index in [1.54, 1.807) is 0 Å². The highest BCUT2D eigenvalue weighted by molar-refractivity contribution is 6.05. The number of rotatable bonds is 3. The standard InChI is InChI=1S/C8H11N5O2/c1-13-7(14)2-5(8(13)15)9-3-6-10-4-11-12-6/h4-5,9H,2-3H2,1H3,(H,10,11,12). The van der Waals surface area contributed by atoms with Crippen LogP contribution in [0.5, 0.6) is 0 Å². The monoisotopic (exact) mass is 209 g/mol. The molecular weight excluding hydrogens is 198 g/mol. The van der Waals surface area contributed by atoms with Gasteiger partial charge >= 0.3 is 0 Å². The van der Waals surface area contributed by atoms with Gasteiger partial charge < -0.3 is 0 Å². The van der Waals surface area contributed by atoms with Crippen LogP contribution in [0, 0.1) is 0 Å². The van der Waals surface area contributed by atoms with Gasteiger partial charge in [0.25, 0.3) is 0 Å². The number of likely N-dealkylation sites (N-methyl/N-ethyl adjacent to an activating group) is 1. The lowest BCUT2D eigenvalue weighted by atomic mass is 10.2. The molecule has 80 valence electrons. The van der Waals surface area contributed by atoms with E-state index in [9.17, 15) is 9.59 Å². The maximum absolute atomic E-state index is 11.5. The van der Waals surface area contributed by atoms with Crippen molar-refractivity contribution >= 4 is 11.8 Å². The van der Waals surface area contributed by atoms with Gasteiger partial charge in [0.2, 0.25) is 11.8 Å². The highest BCUT2D eigenvalue weighted by Crippen LogP contribution is 2.10. The lowest BCUT2D eigenvalue weighted by molar-refractivity contribution is -0.137. The van der Waals surface area contributed by atoms with Crippen LogP contribution < -0.4 is 5.32 Å². The van der Waals surface area contributed by atoms with Crippen LogP contribution in [0.25, 0.3) is 0 Å². The SMILES string of the molecule is CN1C(=O)CC(NCc2ncn[nH]2)C1=O. The number of aromatic nitrogens is 3. The first-order valence-corrected chi connectivity index (χ1v) is 4.56. The second-order valence-electron chi connectivity index (χ2n) is 3.36. The number of amides is 2. The summed E-state index contributed by atoms with van der Waals surface area (Å²) >= 11 is 0. The van der Waals surface area contributed by atoms with Crippen LogP contribution in [-0.2, 0) is 16.1 Å². The van der Waals surface area contributed by atoms with Gasteiger partial charge in [-0.05, 0) is 0 Å². The summed E-state index contributed by atoms with van der Waals surface area (Å²) in [4.78, 5) is 27.7. The quantitative estimate of drug-likeness (QED) is 0.601. The van der Waals surface area contributed by atoms with E-state index in [4.69, 9.17) is 0 Å². The Hall–Kier alpha value is -1.76. The van der Waals surface area contributed by atoms with Gasteiger partial charge in [0.05, 0.1) is 19.0 Å². The molecule has 0 aromatic carbocycles. The summed E-state index contributed by atoms with van der Waals surface area (Å²) in [6.07, 6.45) is 1.61. The molecule has 1 aromatic rings. The summed E-state index contributed by atoms with van der Waals surface area (Å²) in [5.41, 5.74) is 0. The Balaban J connectivity index is 1.91. The minimum atomic E-state index is -0.437. The van der Waals surface area contributed by atoms with Crippen molar-refractivity contribution in [3.8, 4) is 0 Å². The number of hydrogen-bond donors (Lipinski definition) is 2. The molecule has 2 heterocycles. The molecule has 0 radical (unpaired) electrons. The smallest absolute Gasteiger partial charge is 0.246 e. The van der Waals surface area contributed by atoms with Crippen LogP contribution in [0.2, 0.25) is 0 Å². The van der Waals surface area contributed by atoms with E-state index in [0.717, 1.165) is 4.90 Å². The van der Waals surface area contributed by atoms with E-state index in [-0.39, 0.29) is 18.2 Å². The molecule has 2 rings (SSSR count). The molecule has 15 heavy (non-hydrogen) atoms. The first-order valence-electron chi connectivity index (χ1n) is 4.56. The Morgan fingerprint density at radius 2 is 2.47 bits per heavy atom. The van der Waals surface area contributed by atoms with Crippen molar-refractivity contribution in [3.05, 3.63) is 12.2 Å². The summed E-state index contributed by atoms with van der Waals surface area (Å²) in [6, 6.07) is -0.437. The Bertz CT molecular complexity index is 374. The third-order valence-electron chi connectivity index (χ3n) is 2.36. The van der Waals surface area contributed by atoms with Gasteiger partial charge in [-0.1, -0.05) is 0 Å². The third-order valence-corrected chi connectivity index (χ3v) is 2.36. The number of hydrogen-bond acceptors (Lipinski definition) is 5. The minimum absolute atomic E-state index is 0.157. The fourth-order valence-electron chi connectivity index (χ4n) is 1.45. The number of carbonyl (C=O) groups is 2. The van der Waals surface area contributed by atoms with Gasteiger partial charge in [0.1, 0.15) is 12.2 Å². The number of likely N-dealkylation sites (tertiary alicyclic amines) is 1. The molecule has 1 aliphatic heterocycles. The average molecular weight is 209 g/mol. The largest absolute Gasteiger partial charge is 0.298 e. The highest BCUT2D eigenvalue weighted by Gasteiger charge is 2.35. The van der Waals surface area contributed by atoms with Crippen LogP contribution in [0.4, 0.5) is 0 Å². The second kappa shape index (κ2) is 3.77. The zero-order chi connectivity index (χ0) is 10.8. The van der Waals surface area contributed by atoms with Crippen LogP contribution in [0.1, 0.15) is 12.2 Å².